The molecule has 0 saturated carbocycles. The molecule has 2 atom stereocenters. The quantitative estimate of drug-likeness (QED) is 0.221. The topological polar surface area (TPSA) is 38.0 Å². The molecule has 1 aromatic heterocycles. The number of nitrogens with zero attached hydrogens (tertiary/aromatic N) is 2. The van der Waals surface area contributed by atoms with Crippen LogP contribution in [0.15, 0.2) is 83.3 Å². The maximum Gasteiger partial charge on any atom is 0.261 e. The zero-order valence-electron chi connectivity index (χ0n) is 22.2. The maximum atomic E-state index is 9.80. The van der Waals surface area contributed by atoms with Gasteiger partial charge in [-0.25, -0.2) is 0 Å². The van der Waals surface area contributed by atoms with Crippen molar-refractivity contribution in [3.63, 3.8) is 0 Å². The van der Waals surface area contributed by atoms with E-state index in [-0.39, 0.29) is 11.0 Å². The summed E-state index contributed by atoms with van der Waals surface area (Å²) in [6, 6.07) is 30.7. The first kappa shape index (κ1) is 26.0. The number of aromatic nitrogens is 1. The van der Waals surface area contributed by atoms with Crippen molar-refractivity contribution in [3.8, 4) is 6.07 Å². The van der Waals surface area contributed by atoms with Crippen LogP contribution in [0.1, 0.15) is 51.3 Å². The van der Waals surface area contributed by atoms with Crippen LogP contribution in [0, 0.1) is 17.2 Å². The average molecular weight is 572 g/mol. The third kappa shape index (κ3) is 4.61. The highest BCUT2D eigenvalue weighted by Gasteiger charge is 2.50. The van der Waals surface area contributed by atoms with Crippen LogP contribution in [0.2, 0.25) is 5.04 Å². The van der Waals surface area contributed by atoms with Gasteiger partial charge in [-0.3, -0.25) is 0 Å². The van der Waals surface area contributed by atoms with E-state index in [4.69, 9.17) is 4.43 Å². The van der Waals surface area contributed by atoms with Crippen LogP contribution in [0.4, 0.5) is 0 Å². The molecule has 0 aliphatic heterocycles. The lowest BCUT2D eigenvalue weighted by Crippen LogP contribution is -2.66. The van der Waals surface area contributed by atoms with Crippen molar-refractivity contribution in [1.29, 1.82) is 5.26 Å². The fraction of sp³-hybridized carbons (Fsp3) is 0.344. The van der Waals surface area contributed by atoms with Crippen molar-refractivity contribution < 1.29 is 4.43 Å². The van der Waals surface area contributed by atoms with Crippen LogP contribution in [0.3, 0.4) is 0 Å². The monoisotopic (exact) mass is 570 g/mol. The maximum absolute atomic E-state index is 9.80. The van der Waals surface area contributed by atoms with Gasteiger partial charge in [-0.2, -0.15) is 5.26 Å². The SMILES string of the molecule is C[C@H](CO[Si](c1ccccc1)(c1ccccc1)C(C)(C)C)Cn1c2c(c3ccc(Br)cc31)C(C#N)CC2. The molecule has 3 nitrogen and oxygen atoms in total. The molecule has 0 saturated heterocycles. The summed E-state index contributed by atoms with van der Waals surface area (Å²) >= 11 is 3.67. The molecule has 1 unspecified atom stereocenters. The third-order valence-corrected chi connectivity index (χ3v) is 13.3. The van der Waals surface area contributed by atoms with Gasteiger partial charge in [0.1, 0.15) is 0 Å². The first-order valence-electron chi connectivity index (χ1n) is 13.2. The molecule has 4 aromatic rings. The lowest BCUT2D eigenvalue weighted by molar-refractivity contribution is 0.231. The standard InChI is InChI=1S/C32H35BrN2OSi/c1-23(21-35-29-18-15-24(20-34)31(29)28-17-16-25(33)19-30(28)35)22-36-37(32(2,3)4,26-11-7-5-8-12-26)27-13-9-6-10-14-27/h5-14,16-17,19,23-24H,15,18,21-22H2,1-4H3/t23-,24?/m0/s1. The summed E-state index contributed by atoms with van der Waals surface area (Å²) in [5, 5.41) is 13.6. The Morgan fingerprint density at radius 1 is 1.03 bits per heavy atom. The zero-order valence-corrected chi connectivity index (χ0v) is 24.8. The Bertz CT molecular complexity index is 1390. The van der Waals surface area contributed by atoms with Gasteiger partial charge in [0.15, 0.2) is 0 Å². The Balaban J connectivity index is 1.50. The van der Waals surface area contributed by atoms with E-state index in [1.54, 1.807) is 0 Å². The van der Waals surface area contributed by atoms with Crippen LogP contribution in [-0.4, -0.2) is 19.5 Å². The summed E-state index contributed by atoms with van der Waals surface area (Å²) in [4.78, 5) is 0. The lowest BCUT2D eigenvalue weighted by Gasteiger charge is -2.43. The molecule has 0 amide bonds. The number of fused-ring (bicyclic) bond motifs is 3. The Morgan fingerprint density at radius 2 is 1.65 bits per heavy atom. The fourth-order valence-corrected chi connectivity index (χ4v) is 11.3. The predicted octanol–water partition coefficient (Wildman–Crippen LogP) is 7.17. The second kappa shape index (κ2) is 10.2. The molecular weight excluding hydrogens is 536 g/mol. The van der Waals surface area contributed by atoms with Crippen molar-refractivity contribution in [3.05, 3.63) is 94.6 Å². The Morgan fingerprint density at radius 3 is 2.22 bits per heavy atom. The summed E-state index contributed by atoms with van der Waals surface area (Å²) in [5.41, 5.74) is 3.79. The van der Waals surface area contributed by atoms with Crippen LogP contribution >= 0.6 is 15.9 Å². The van der Waals surface area contributed by atoms with E-state index in [9.17, 15) is 5.26 Å². The van der Waals surface area contributed by atoms with E-state index in [1.165, 1.54) is 32.5 Å². The molecule has 1 aliphatic carbocycles. The van der Waals surface area contributed by atoms with E-state index in [0.717, 1.165) is 23.9 Å². The van der Waals surface area contributed by atoms with Gasteiger partial charge in [0.2, 0.25) is 0 Å². The lowest BCUT2D eigenvalue weighted by atomic mass is 10.0. The van der Waals surface area contributed by atoms with E-state index in [1.807, 2.05) is 0 Å². The molecular formula is C32H35BrN2OSi. The molecule has 1 aliphatic rings. The van der Waals surface area contributed by atoms with E-state index >= 15 is 0 Å². The van der Waals surface area contributed by atoms with Crippen LogP contribution in [-0.2, 0) is 17.4 Å². The van der Waals surface area contributed by atoms with E-state index in [2.05, 4.69) is 133 Å². The van der Waals surface area contributed by atoms with Crippen LogP contribution in [0.25, 0.3) is 10.9 Å². The summed E-state index contributed by atoms with van der Waals surface area (Å²) in [7, 11) is -2.57. The fourth-order valence-electron chi connectivity index (χ4n) is 6.22. The molecule has 190 valence electrons. The second-order valence-electron chi connectivity index (χ2n) is 11.4. The molecule has 0 radical (unpaired) electrons. The van der Waals surface area contributed by atoms with Crippen LogP contribution < -0.4 is 10.4 Å². The smallest absolute Gasteiger partial charge is 0.261 e. The Labute approximate surface area is 230 Å². The molecule has 0 bridgehead atoms. The van der Waals surface area contributed by atoms with Gasteiger partial charge in [-0.1, -0.05) is 110 Å². The molecule has 0 N–H and O–H groups in total. The molecule has 3 aromatic carbocycles. The molecule has 5 heteroatoms. The minimum Gasteiger partial charge on any atom is -0.407 e. The number of halogens is 1. The first-order valence-corrected chi connectivity index (χ1v) is 15.9. The molecule has 5 rings (SSSR count). The average Bonchev–Trinajstić information content (AvgIpc) is 3.43. The second-order valence-corrected chi connectivity index (χ2v) is 16.7. The third-order valence-electron chi connectivity index (χ3n) is 7.85. The summed E-state index contributed by atoms with van der Waals surface area (Å²) < 4.78 is 10.8. The highest BCUT2D eigenvalue weighted by atomic mass is 79.9. The van der Waals surface area contributed by atoms with Gasteiger partial charge in [-0.15, -0.1) is 0 Å². The summed E-state index contributed by atoms with van der Waals surface area (Å²) in [6.45, 7) is 10.8. The number of hydrogen-bond acceptors (Lipinski definition) is 2. The van der Waals surface area contributed by atoms with E-state index in [0.29, 0.717) is 12.5 Å². The van der Waals surface area contributed by atoms with Crippen molar-refractivity contribution in [2.45, 2.75) is 58.0 Å². The number of benzene rings is 3. The summed E-state index contributed by atoms with van der Waals surface area (Å²) in [6.07, 6.45) is 1.88. The van der Waals surface area contributed by atoms with E-state index < -0.39 is 8.32 Å². The van der Waals surface area contributed by atoms with Gasteiger partial charge in [-0.05, 0) is 51.9 Å². The van der Waals surface area contributed by atoms with Gasteiger partial charge >= 0.3 is 0 Å². The molecule has 0 fully saturated rings. The molecule has 37 heavy (non-hydrogen) atoms. The van der Waals surface area contributed by atoms with Gasteiger partial charge in [0.25, 0.3) is 8.32 Å². The minimum atomic E-state index is -2.57. The Kier molecular flexibility index (Phi) is 7.19. The van der Waals surface area contributed by atoms with Crippen molar-refractivity contribution in [1.82, 2.24) is 4.57 Å². The Hall–Kier alpha value is -2.65. The largest absolute Gasteiger partial charge is 0.407 e. The predicted molar refractivity (Wildman–Crippen MR) is 159 cm³/mol. The molecule has 1 heterocycles. The highest BCUT2D eigenvalue weighted by molar-refractivity contribution is 9.10. The first-order chi connectivity index (χ1) is 17.8. The van der Waals surface area contributed by atoms with Crippen molar-refractivity contribution in [2.75, 3.05) is 6.61 Å². The highest BCUT2D eigenvalue weighted by Crippen LogP contribution is 2.42. The zero-order chi connectivity index (χ0) is 26.2. The van der Waals surface area contributed by atoms with Gasteiger partial charge in [0, 0.05) is 34.2 Å². The number of rotatable bonds is 7. The number of hydrogen-bond donors (Lipinski definition) is 0. The van der Waals surface area contributed by atoms with Crippen LogP contribution in [0.5, 0.6) is 0 Å². The van der Waals surface area contributed by atoms with Crippen molar-refractivity contribution in [2.24, 2.45) is 5.92 Å². The normalized spacial score (nSPS) is 16.5. The van der Waals surface area contributed by atoms with Crippen molar-refractivity contribution >= 4 is 45.5 Å². The van der Waals surface area contributed by atoms with Gasteiger partial charge in [0.05, 0.1) is 12.0 Å². The minimum absolute atomic E-state index is 0.0106. The van der Waals surface area contributed by atoms with Gasteiger partial charge < -0.3 is 8.99 Å². The summed E-state index contributed by atoms with van der Waals surface area (Å²) in [5.74, 6) is 0.296. The number of nitriles is 1. The molecule has 0 spiro atoms.